The number of anilines is 1. The number of amides is 1. The number of fused-ring (bicyclic) bond motifs is 1. The summed E-state index contributed by atoms with van der Waals surface area (Å²) >= 11 is 0. The molecule has 2 aromatic heterocycles. The lowest BCUT2D eigenvalue weighted by molar-refractivity contribution is -0.129. The van der Waals surface area contributed by atoms with E-state index in [4.69, 9.17) is 10.5 Å². The Morgan fingerprint density at radius 1 is 1.40 bits per heavy atom. The molecule has 8 heteroatoms. The topological polar surface area (TPSA) is 110 Å². The summed E-state index contributed by atoms with van der Waals surface area (Å²) in [5.41, 5.74) is 10.7. The average Bonchev–Trinajstić information content (AvgIpc) is 3.25. The van der Waals surface area contributed by atoms with Crippen LogP contribution in [0, 0.1) is 11.3 Å². The fraction of sp³-hybridized carbons (Fsp3) is 0.273. The van der Waals surface area contributed by atoms with E-state index in [1.807, 2.05) is 30.5 Å². The molecule has 1 aliphatic rings. The second-order valence-electron chi connectivity index (χ2n) is 7.20. The Morgan fingerprint density at radius 3 is 2.90 bits per heavy atom. The van der Waals surface area contributed by atoms with Crippen LogP contribution in [-0.2, 0) is 24.3 Å². The molecule has 0 aliphatic carbocycles. The molecule has 0 fully saturated rings. The third-order valence-electron chi connectivity index (χ3n) is 5.40. The van der Waals surface area contributed by atoms with Gasteiger partial charge in [-0.2, -0.15) is 10.4 Å². The Balaban J connectivity index is 1.88. The number of aromatic nitrogens is 3. The monoisotopic (exact) mass is 402 g/mol. The molecule has 0 atom stereocenters. The predicted octanol–water partition coefficient (Wildman–Crippen LogP) is 2.36. The number of carbonyl (C=O) groups excluding carboxylic acids is 1. The maximum Gasteiger partial charge on any atom is 0.219 e. The van der Waals surface area contributed by atoms with Gasteiger partial charge in [0.15, 0.2) is 0 Å². The third-order valence-corrected chi connectivity index (χ3v) is 5.40. The molecule has 0 saturated heterocycles. The molecular formula is C22H22N6O2. The van der Waals surface area contributed by atoms with E-state index in [-0.39, 0.29) is 11.7 Å². The summed E-state index contributed by atoms with van der Waals surface area (Å²) < 4.78 is 7.34. The van der Waals surface area contributed by atoms with Crippen LogP contribution in [0.5, 0.6) is 5.75 Å². The number of nitrogen functional groups attached to an aromatic ring is 1. The highest BCUT2D eigenvalue weighted by Crippen LogP contribution is 2.37. The fourth-order valence-corrected chi connectivity index (χ4v) is 3.91. The Hall–Kier alpha value is -3.86. The number of ether oxygens (including phenoxy) is 1. The second kappa shape index (κ2) is 7.87. The van der Waals surface area contributed by atoms with E-state index in [9.17, 15) is 10.1 Å². The highest BCUT2D eigenvalue weighted by molar-refractivity contribution is 5.81. The lowest BCUT2D eigenvalue weighted by atomic mass is 9.90. The van der Waals surface area contributed by atoms with Crippen molar-refractivity contribution >= 4 is 11.7 Å². The molecule has 152 valence electrons. The second-order valence-corrected chi connectivity index (χ2v) is 7.20. The van der Waals surface area contributed by atoms with Crippen molar-refractivity contribution in [2.24, 2.45) is 0 Å². The van der Waals surface area contributed by atoms with Gasteiger partial charge < -0.3 is 15.4 Å². The van der Waals surface area contributed by atoms with E-state index in [1.165, 1.54) is 0 Å². The van der Waals surface area contributed by atoms with Crippen LogP contribution >= 0.6 is 0 Å². The summed E-state index contributed by atoms with van der Waals surface area (Å²) in [6, 6.07) is 9.85. The van der Waals surface area contributed by atoms with Crippen LogP contribution in [-0.4, -0.2) is 39.2 Å². The van der Waals surface area contributed by atoms with Crippen molar-refractivity contribution in [1.82, 2.24) is 19.7 Å². The maximum absolute atomic E-state index is 12.0. The van der Waals surface area contributed by atoms with Crippen LogP contribution in [0.15, 0.2) is 36.7 Å². The molecule has 1 aliphatic heterocycles. The predicted molar refractivity (Wildman–Crippen MR) is 111 cm³/mol. The van der Waals surface area contributed by atoms with Gasteiger partial charge in [-0.3, -0.25) is 9.48 Å². The van der Waals surface area contributed by atoms with E-state index in [0.717, 1.165) is 33.7 Å². The molecule has 3 heterocycles. The smallest absolute Gasteiger partial charge is 0.219 e. The van der Waals surface area contributed by atoms with Gasteiger partial charge in [-0.15, -0.1) is 0 Å². The highest BCUT2D eigenvalue weighted by atomic mass is 16.5. The molecular weight excluding hydrogens is 380 g/mol. The Bertz CT molecular complexity index is 1150. The molecule has 30 heavy (non-hydrogen) atoms. The van der Waals surface area contributed by atoms with Crippen molar-refractivity contribution in [3.05, 3.63) is 59.0 Å². The number of benzene rings is 1. The van der Waals surface area contributed by atoms with Gasteiger partial charge in [0, 0.05) is 55.5 Å². The SMILES string of the molecule is COc1ccc(-c2c(C#N)c(N)nc3c2CN(C(C)=O)CC3)cc1Cn1cccn1. The zero-order valence-corrected chi connectivity index (χ0v) is 16.9. The van der Waals surface area contributed by atoms with Crippen LogP contribution in [0.25, 0.3) is 11.1 Å². The maximum atomic E-state index is 12.0. The minimum atomic E-state index is -0.00367. The highest BCUT2D eigenvalue weighted by Gasteiger charge is 2.26. The molecule has 0 bridgehead atoms. The summed E-state index contributed by atoms with van der Waals surface area (Å²) in [7, 11) is 1.62. The van der Waals surface area contributed by atoms with Crippen LogP contribution in [0.4, 0.5) is 5.82 Å². The zero-order valence-electron chi connectivity index (χ0n) is 16.9. The molecule has 1 aromatic carbocycles. The summed E-state index contributed by atoms with van der Waals surface area (Å²) in [5, 5.41) is 14.1. The fourth-order valence-electron chi connectivity index (χ4n) is 3.91. The number of pyridine rings is 1. The van der Waals surface area contributed by atoms with Gasteiger partial charge in [0.2, 0.25) is 5.91 Å². The van der Waals surface area contributed by atoms with Gasteiger partial charge in [-0.25, -0.2) is 4.98 Å². The quantitative estimate of drug-likeness (QED) is 0.717. The first-order chi connectivity index (χ1) is 14.5. The van der Waals surface area contributed by atoms with Crippen molar-refractivity contribution in [2.45, 2.75) is 26.4 Å². The molecule has 2 N–H and O–H groups in total. The zero-order chi connectivity index (χ0) is 21.3. The molecule has 0 radical (unpaired) electrons. The van der Waals surface area contributed by atoms with E-state index < -0.39 is 0 Å². The van der Waals surface area contributed by atoms with Crippen LogP contribution in [0.2, 0.25) is 0 Å². The number of nitrogens with zero attached hydrogens (tertiary/aromatic N) is 5. The third kappa shape index (κ3) is 3.46. The van der Waals surface area contributed by atoms with Crippen LogP contribution in [0.3, 0.4) is 0 Å². The largest absolute Gasteiger partial charge is 0.496 e. The van der Waals surface area contributed by atoms with Gasteiger partial charge in [0.05, 0.1) is 19.3 Å². The van der Waals surface area contributed by atoms with Crippen molar-refractivity contribution in [1.29, 1.82) is 5.26 Å². The average molecular weight is 402 g/mol. The number of hydrogen-bond acceptors (Lipinski definition) is 6. The standard InChI is InChI=1S/C22H22N6O2/c1-14(29)27-9-6-19-18(13-27)21(17(11-23)22(24)26-19)15-4-5-20(30-2)16(10-15)12-28-8-3-7-25-28/h3-5,7-8,10H,6,9,12-13H2,1-2H3,(H2,24,26). The first-order valence-corrected chi connectivity index (χ1v) is 9.63. The van der Waals surface area contributed by atoms with E-state index in [1.54, 1.807) is 29.8 Å². The van der Waals surface area contributed by atoms with Crippen molar-refractivity contribution in [3.63, 3.8) is 0 Å². The number of hydrogen-bond donors (Lipinski definition) is 1. The van der Waals surface area contributed by atoms with Crippen LogP contribution in [0.1, 0.15) is 29.3 Å². The molecule has 8 nitrogen and oxygen atoms in total. The summed E-state index contributed by atoms with van der Waals surface area (Å²) in [5.74, 6) is 0.942. The Morgan fingerprint density at radius 2 is 2.23 bits per heavy atom. The molecule has 3 aromatic rings. The summed E-state index contributed by atoms with van der Waals surface area (Å²) in [4.78, 5) is 18.2. The summed E-state index contributed by atoms with van der Waals surface area (Å²) in [6.07, 6.45) is 4.21. The number of nitrogens with two attached hydrogens (primary N) is 1. The van der Waals surface area contributed by atoms with Crippen molar-refractivity contribution in [2.75, 3.05) is 19.4 Å². The number of rotatable bonds is 4. The summed E-state index contributed by atoms with van der Waals surface area (Å²) in [6.45, 7) is 3.07. The van der Waals surface area contributed by atoms with E-state index in [2.05, 4.69) is 16.2 Å². The normalized spacial score (nSPS) is 12.9. The Labute approximate surface area is 174 Å². The Kier molecular flexibility index (Phi) is 5.11. The van der Waals surface area contributed by atoms with Crippen molar-refractivity contribution < 1.29 is 9.53 Å². The lowest BCUT2D eigenvalue weighted by Crippen LogP contribution is -2.35. The van der Waals surface area contributed by atoms with E-state index >= 15 is 0 Å². The first-order valence-electron chi connectivity index (χ1n) is 9.63. The van der Waals surface area contributed by atoms with Gasteiger partial charge in [0.1, 0.15) is 23.2 Å². The lowest BCUT2D eigenvalue weighted by Gasteiger charge is -2.30. The minimum Gasteiger partial charge on any atom is -0.496 e. The van der Waals surface area contributed by atoms with E-state index in [0.29, 0.717) is 31.6 Å². The van der Waals surface area contributed by atoms with Crippen molar-refractivity contribution in [3.8, 4) is 22.9 Å². The van der Waals surface area contributed by atoms with Crippen LogP contribution < -0.4 is 10.5 Å². The molecule has 0 unspecified atom stereocenters. The number of methoxy groups -OCH3 is 1. The molecule has 4 rings (SSSR count). The number of nitriles is 1. The first kappa shape index (κ1) is 19.5. The molecule has 1 amide bonds. The molecule has 0 spiro atoms. The number of carbonyl (C=O) groups is 1. The molecule has 0 saturated carbocycles. The van der Waals surface area contributed by atoms with Gasteiger partial charge in [-0.05, 0) is 23.8 Å². The van der Waals surface area contributed by atoms with Gasteiger partial charge >= 0.3 is 0 Å². The minimum absolute atomic E-state index is 0.00367. The van der Waals surface area contributed by atoms with Gasteiger partial charge in [0.25, 0.3) is 0 Å². The van der Waals surface area contributed by atoms with Gasteiger partial charge in [-0.1, -0.05) is 6.07 Å².